The third-order valence-electron chi connectivity index (χ3n) is 3.30. The van der Waals surface area contributed by atoms with Gasteiger partial charge in [0.25, 0.3) is 0 Å². The molecule has 0 aromatic carbocycles. The van der Waals surface area contributed by atoms with Crippen molar-refractivity contribution in [1.82, 2.24) is 14.9 Å². The molecule has 19 heavy (non-hydrogen) atoms. The fraction of sp³-hybridized carbons (Fsp3) is 0.692. The zero-order chi connectivity index (χ0) is 14.2. The molecule has 0 spiro atoms. The molecule has 1 aliphatic heterocycles. The maximum Gasteiger partial charge on any atom is 0.227 e. The second kappa shape index (κ2) is 5.54. The third kappa shape index (κ3) is 3.38. The van der Waals surface area contributed by atoms with E-state index in [9.17, 15) is 0 Å². The van der Waals surface area contributed by atoms with Crippen LogP contribution in [-0.2, 0) is 5.41 Å². The van der Waals surface area contributed by atoms with Crippen LogP contribution < -0.4 is 4.90 Å². The summed E-state index contributed by atoms with van der Waals surface area (Å²) < 4.78 is 0.805. The summed E-state index contributed by atoms with van der Waals surface area (Å²) in [6.45, 7) is 10.3. The van der Waals surface area contributed by atoms with Crippen molar-refractivity contribution in [3.05, 3.63) is 15.3 Å². The van der Waals surface area contributed by atoms with E-state index in [4.69, 9.17) is 16.6 Å². The van der Waals surface area contributed by atoms with Gasteiger partial charge in [0, 0.05) is 31.6 Å². The molecule has 0 radical (unpaired) electrons. The minimum atomic E-state index is -0.0628. The molecule has 4 nitrogen and oxygen atoms in total. The highest BCUT2D eigenvalue weighted by atomic mass is 79.9. The van der Waals surface area contributed by atoms with Gasteiger partial charge in [-0.3, -0.25) is 0 Å². The van der Waals surface area contributed by atoms with Gasteiger partial charge in [-0.2, -0.15) is 4.98 Å². The zero-order valence-electron chi connectivity index (χ0n) is 11.9. The Morgan fingerprint density at radius 2 is 1.68 bits per heavy atom. The Hall–Kier alpha value is -0.390. The minimum Gasteiger partial charge on any atom is -0.338 e. The fourth-order valence-electron chi connectivity index (χ4n) is 2.05. The quantitative estimate of drug-likeness (QED) is 0.731. The van der Waals surface area contributed by atoms with Crippen molar-refractivity contribution in [3.63, 3.8) is 0 Å². The van der Waals surface area contributed by atoms with Gasteiger partial charge in [0.05, 0.1) is 10.2 Å². The van der Waals surface area contributed by atoms with Gasteiger partial charge in [0.1, 0.15) is 5.15 Å². The minimum absolute atomic E-state index is 0.0628. The van der Waals surface area contributed by atoms with E-state index >= 15 is 0 Å². The van der Waals surface area contributed by atoms with Crippen LogP contribution in [-0.4, -0.2) is 48.1 Å². The Morgan fingerprint density at radius 3 is 2.21 bits per heavy atom. The molecule has 2 heterocycles. The molecule has 0 saturated carbocycles. The molecule has 1 aliphatic rings. The van der Waals surface area contributed by atoms with Crippen molar-refractivity contribution < 1.29 is 0 Å². The highest BCUT2D eigenvalue weighted by molar-refractivity contribution is 9.10. The number of anilines is 1. The van der Waals surface area contributed by atoms with Crippen LogP contribution in [0.4, 0.5) is 5.95 Å². The van der Waals surface area contributed by atoms with Gasteiger partial charge in [-0.05, 0) is 23.0 Å². The Balaban J connectivity index is 2.34. The molecule has 6 heteroatoms. The van der Waals surface area contributed by atoms with Crippen LogP contribution in [0.1, 0.15) is 26.5 Å². The van der Waals surface area contributed by atoms with Gasteiger partial charge in [-0.15, -0.1) is 0 Å². The maximum atomic E-state index is 6.24. The summed E-state index contributed by atoms with van der Waals surface area (Å²) >= 11 is 9.74. The average Bonchev–Trinajstić information content (AvgIpc) is 2.32. The second-order valence-corrected chi connectivity index (χ2v) is 7.17. The van der Waals surface area contributed by atoms with Crippen LogP contribution in [0.25, 0.3) is 0 Å². The number of aromatic nitrogens is 2. The number of hydrogen-bond donors (Lipinski definition) is 0. The predicted octanol–water partition coefficient (Wildman–Crippen LogP) is 2.94. The first-order valence-corrected chi connectivity index (χ1v) is 7.63. The van der Waals surface area contributed by atoms with Gasteiger partial charge in [0.2, 0.25) is 5.95 Å². The summed E-state index contributed by atoms with van der Waals surface area (Å²) in [5, 5.41) is 0.494. The summed E-state index contributed by atoms with van der Waals surface area (Å²) in [5.41, 5.74) is 0.897. The average molecular weight is 348 g/mol. The van der Waals surface area contributed by atoms with Crippen LogP contribution in [0.15, 0.2) is 4.47 Å². The molecule has 1 aromatic rings. The number of hydrogen-bond acceptors (Lipinski definition) is 4. The third-order valence-corrected chi connectivity index (χ3v) is 4.55. The van der Waals surface area contributed by atoms with Crippen LogP contribution in [0.2, 0.25) is 5.15 Å². The molecular formula is C13H20BrClN4. The van der Waals surface area contributed by atoms with Gasteiger partial charge in [0.15, 0.2) is 0 Å². The van der Waals surface area contributed by atoms with Crippen LogP contribution in [0.5, 0.6) is 0 Å². The highest BCUT2D eigenvalue weighted by Gasteiger charge is 2.25. The fourth-order valence-corrected chi connectivity index (χ4v) is 2.99. The van der Waals surface area contributed by atoms with Crippen LogP contribution >= 0.6 is 27.5 Å². The van der Waals surface area contributed by atoms with Gasteiger partial charge < -0.3 is 9.80 Å². The van der Waals surface area contributed by atoms with E-state index in [2.05, 4.69) is 58.5 Å². The first-order valence-electron chi connectivity index (χ1n) is 6.46. The molecule has 0 amide bonds. The normalized spacial score (nSPS) is 17.9. The topological polar surface area (TPSA) is 32.3 Å². The summed E-state index contributed by atoms with van der Waals surface area (Å²) in [5.74, 6) is 0.742. The molecule has 0 N–H and O–H groups in total. The van der Waals surface area contributed by atoms with Crippen molar-refractivity contribution in [2.24, 2.45) is 0 Å². The molecule has 0 unspecified atom stereocenters. The van der Waals surface area contributed by atoms with E-state index in [1.807, 2.05) is 0 Å². The Morgan fingerprint density at radius 1 is 1.11 bits per heavy atom. The van der Waals surface area contributed by atoms with Crippen molar-refractivity contribution in [2.75, 3.05) is 38.1 Å². The number of nitrogens with zero attached hydrogens (tertiary/aromatic N) is 4. The highest BCUT2D eigenvalue weighted by Crippen LogP contribution is 2.33. The first kappa shape index (κ1) is 15.0. The lowest BCUT2D eigenvalue weighted by Crippen LogP contribution is -2.45. The lowest BCUT2D eigenvalue weighted by Gasteiger charge is -2.33. The Labute approximate surface area is 128 Å². The largest absolute Gasteiger partial charge is 0.338 e. The first-order chi connectivity index (χ1) is 8.79. The molecule has 0 aliphatic carbocycles. The monoisotopic (exact) mass is 346 g/mol. The number of piperazine rings is 1. The number of rotatable bonds is 1. The Bertz CT molecular complexity index is 464. The van der Waals surface area contributed by atoms with Gasteiger partial charge >= 0.3 is 0 Å². The molecule has 0 bridgehead atoms. The number of halogens is 2. The van der Waals surface area contributed by atoms with Gasteiger partial charge in [-0.25, -0.2) is 4.98 Å². The Kier molecular flexibility index (Phi) is 4.38. The van der Waals surface area contributed by atoms with Crippen molar-refractivity contribution in [3.8, 4) is 0 Å². The van der Waals surface area contributed by atoms with E-state index in [0.717, 1.165) is 42.3 Å². The van der Waals surface area contributed by atoms with E-state index in [0.29, 0.717) is 5.15 Å². The van der Waals surface area contributed by atoms with Gasteiger partial charge in [-0.1, -0.05) is 32.4 Å². The smallest absolute Gasteiger partial charge is 0.227 e. The maximum absolute atomic E-state index is 6.24. The van der Waals surface area contributed by atoms with E-state index in [1.165, 1.54) is 0 Å². The second-order valence-electron chi connectivity index (χ2n) is 6.02. The van der Waals surface area contributed by atoms with Crippen molar-refractivity contribution in [2.45, 2.75) is 26.2 Å². The van der Waals surface area contributed by atoms with E-state index in [1.54, 1.807) is 0 Å². The molecule has 1 saturated heterocycles. The van der Waals surface area contributed by atoms with Crippen LogP contribution in [0, 0.1) is 0 Å². The summed E-state index contributed by atoms with van der Waals surface area (Å²) in [6.07, 6.45) is 0. The predicted molar refractivity (Wildman–Crippen MR) is 83.2 cm³/mol. The van der Waals surface area contributed by atoms with Crippen molar-refractivity contribution >= 4 is 33.5 Å². The lowest BCUT2D eigenvalue weighted by atomic mass is 9.92. The molecular weight excluding hydrogens is 328 g/mol. The van der Waals surface area contributed by atoms with E-state index < -0.39 is 0 Å². The SMILES string of the molecule is CN1CCN(c2nc(Cl)c(Br)c(C(C)(C)C)n2)CC1. The van der Waals surface area contributed by atoms with Crippen molar-refractivity contribution in [1.29, 1.82) is 0 Å². The summed E-state index contributed by atoms with van der Waals surface area (Å²) in [6, 6.07) is 0. The van der Waals surface area contributed by atoms with E-state index in [-0.39, 0.29) is 5.41 Å². The molecule has 1 aromatic heterocycles. The van der Waals surface area contributed by atoms with Crippen LogP contribution in [0.3, 0.4) is 0 Å². The summed E-state index contributed by atoms with van der Waals surface area (Å²) in [4.78, 5) is 13.6. The number of likely N-dealkylation sites (N-methyl/N-ethyl adjacent to an activating group) is 1. The lowest BCUT2D eigenvalue weighted by molar-refractivity contribution is 0.311. The zero-order valence-corrected chi connectivity index (χ0v) is 14.2. The molecule has 0 atom stereocenters. The molecule has 1 fully saturated rings. The summed E-state index contributed by atoms with van der Waals surface area (Å²) in [7, 11) is 2.13. The molecule has 2 rings (SSSR count). The standard InChI is InChI=1S/C13H20BrClN4/c1-13(2,3)10-9(14)11(15)17-12(16-10)19-7-5-18(4)6-8-19/h5-8H2,1-4H3. The molecule has 106 valence electrons.